The molecule has 1 spiro atoms. The minimum absolute atomic E-state index is 0.317. The molecule has 5 nitrogen and oxygen atoms in total. The van der Waals surface area contributed by atoms with Gasteiger partial charge < -0.3 is 9.97 Å². The Hall–Kier alpha value is -3.73. The van der Waals surface area contributed by atoms with Crippen LogP contribution in [0.15, 0.2) is 54.9 Å². The van der Waals surface area contributed by atoms with Crippen LogP contribution in [0.25, 0.3) is 55.1 Å². The zero-order chi connectivity index (χ0) is 23.4. The van der Waals surface area contributed by atoms with E-state index in [0.717, 1.165) is 56.4 Å². The van der Waals surface area contributed by atoms with Crippen molar-refractivity contribution in [2.24, 2.45) is 23.2 Å². The molecule has 4 aliphatic carbocycles. The maximum Gasteiger partial charge on any atom is 0.141 e. The summed E-state index contributed by atoms with van der Waals surface area (Å²) in [4.78, 5) is 22.5. The third kappa shape index (κ3) is 1.73. The third-order valence-electron chi connectivity index (χ3n) is 10.9. The number of fused-ring (bicyclic) bond motifs is 7. The molecule has 4 heterocycles. The SMILES string of the molecule is Cc1ccc2[nH]c(C34CC5CC6CC(C3)C654)c(-c3nc4c5cccnc5c5ncccc5c4[nH]3)c2c1. The van der Waals surface area contributed by atoms with Gasteiger partial charge in [-0.1, -0.05) is 11.6 Å². The molecule has 0 saturated heterocycles. The molecule has 4 fully saturated rings. The number of nitrogens with zero attached hydrogens (tertiary/aromatic N) is 3. The molecule has 10 rings (SSSR count). The van der Waals surface area contributed by atoms with Crippen LogP contribution in [0.3, 0.4) is 0 Å². The molecule has 4 aliphatic rings. The van der Waals surface area contributed by atoms with Crippen LogP contribution in [0.2, 0.25) is 0 Å². The second-order valence-electron chi connectivity index (χ2n) is 12.0. The van der Waals surface area contributed by atoms with Gasteiger partial charge in [-0.3, -0.25) is 9.97 Å². The van der Waals surface area contributed by atoms with E-state index in [-0.39, 0.29) is 0 Å². The van der Waals surface area contributed by atoms with Crippen LogP contribution in [0.5, 0.6) is 0 Å². The van der Waals surface area contributed by atoms with Crippen LogP contribution < -0.4 is 0 Å². The summed E-state index contributed by atoms with van der Waals surface area (Å²) in [5.74, 6) is 3.84. The summed E-state index contributed by atoms with van der Waals surface area (Å²) >= 11 is 0. The van der Waals surface area contributed by atoms with Crippen molar-refractivity contribution in [1.29, 1.82) is 0 Å². The molecule has 2 aromatic carbocycles. The molecule has 2 unspecified atom stereocenters. The van der Waals surface area contributed by atoms with Crippen molar-refractivity contribution in [3.63, 3.8) is 0 Å². The first-order valence-electron chi connectivity index (χ1n) is 13.3. The van der Waals surface area contributed by atoms with Crippen LogP contribution in [0.4, 0.5) is 0 Å². The predicted molar refractivity (Wildman–Crippen MR) is 142 cm³/mol. The van der Waals surface area contributed by atoms with E-state index in [4.69, 9.17) is 15.0 Å². The first-order valence-corrected chi connectivity index (χ1v) is 13.3. The molecule has 0 bridgehead atoms. The summed E-state index contributed by atoms with van der Waals surface area (Å²) in [6.07, 6.45) is 9.33. The van der Waals surface area contributed by atoms with Crippen molar-refractivity contribution in [2.75, 3.05) is 0 Å². The van der Waals surface area contributed by atoms with Crippen LogP contribution in [0.1, 0.15) is 36.9 Å². The van der Waals surface area contributed by atoms with Crippen molar-refractivity contribution in [3.05, 3.63) is 66.1 Å². The number of rotatable bonds is 2. The van der Waals surface area contributed by atoms with Crippen LogP contribution >= 0.6 is 0 Å². The minimum atomic E-state index is 0.317. The van der Waals surface area contributed by atoms with Gasteiger partial charge in [0.15, 0.2) is 0 Å². The van der Waals surface area contributed by atoms with Crippen molar-refractivity contribution >= 4 is 43.7 Å². The van der Waals surface area contributed by atoms with Crippen molar-refractivity contribution < 1.29 is 0 Å². The van der Waals surface area contributed by atoms with Gasteiger partial charge in [0.2, 0.25) is 0 Å². The van der Waals surface area contributed by atoms with Gasteiger partial charge in [-0.2, -0.15) is 0 Å². The van der Waals surface area contributed by atoms with E-state index in [1.165, 1.54) is 53.4 Å². The van der Waals surface area contributed by atoms with E-state index in [2.05, 4.69) is 47.2 Å². The average Bonchev–Trinajstić information content (AvgIpc) is 3.44. The van der Waals surface area contributed by atoms with Crippen LogP contribution in [-0.4, -0.2) is 24.9 Å². The van der Waals surface area contributed by atoms with Gasteiger partial charge in [0.05, 0.1) is 22.1 Å². The van der Waals surface area contributed by atoms with Gasteiger partial charge in [-0.05, 0) is 92.2 Å². The molecule has 0 radical (unpaired) electrons. The fraction of sp³-hybridized carbons (Fsp3) is 0.323. The predicted octanol–water partition coefficient (Wildman–Crippen LogP) is 6.80. The molecule has 2 atom stereocenters. The number of aromatic amines is 2. The van der Waals surface area contributed by atoms with Gasteiger partial charge in [0, 0.05) is 50.7 Å². The number of H-pyrrole nitrogens is 2. The highest BCUT2D eigenvalue weighted by molar-refractivity contribution is 6.21. The lowest BCUT2D eigenvalue weighted by Gasteiger charge is -2.91. The quantitative estimate of drug-likeness (QED) is 0.275. The molecule has 6 aromatic rings. The molecule has 174 valence electrons. The normalized spacial score (nSPS) is 31.5. The van der Waals surface area contributed by atoms with Gasteiger partial charge in [0.1, 0.15) is 5.82 Å². The van der Waals surface area contributed by atoms with E-state index in [1.54, 1.807) is 0 Å². The first-order chi connectivity index (χ1) is 17.7. The van der Waals surface area contributed by atoms with Gasteiger partial charge in [-0.25, -0.2) is 4.98 Å². The lowest BCUT2D eigenvalue weighted by atomic mass is 9.13. The Kier molecular flexibility index (Phi) is 2.90. The zero-order valence-corrected chi connectivity index (χ0v) is 20.1. The minimum Gasteiger partial charge on any atom is -0.357 e. The highest BCUT2D eigenvalue weighted by Gasteiger charge is 2.88. The largest absolute Gasteiger partial charge is 0.357 e. The Balaban J connectivity index is 1.31. The highest BCUT2D eigenvalue weighted by atomic mass is 15.0. The maximum atomic E-state index is 5.34. The molecule has 0 aliphatic heterocycles. The number of nitrogens with one attached hydrogen (secondary N) is 2. The number of aryl methyl sites for hydroxylation is 1. The van der Waals surface area contributed by atoms with E-state index in [1.807, 2.05) is 24.5 Å². The lowest BCUT2D eigenvalue weighted by Crippen LogP contribution is -2.87. The summed E-state index contributed by atoms with van der Waals surface area (Å²) in [5.41, 5.74) is 10.1. The summed E-state index contributed by atoms with van der Waals surface area (Å²) in [6, 6.07) is 15.1. The molecular weight excluding hydrogens is 442 g/mol. The van der Waals surface area contributed by atoms with Gasteiger partial charge >= 0.3 is 0 Å². The number of benzene rings is 2. The number of pyridine rings is 2. The molecule has 2 N–H and O–H groups in total. The Labute approximate surface area is 207 Å². The lowest BCUT2D eigenvalue weighted by molar-refractivity contribution is -0.396. The highest BCUT2D eigenvalue weighted by Crippen LogP contribution is 2.92. The van der Waals surface area contributed by atoms with Gasteiger partial charge in [0.25, 0.3) is 0 Å². The zero-order valence-electron chi connectivity index (χ0n) is 20.1. The number of imidazole rings is 1. The summed E-state index contributed by atoms with van der Waals surface area (Å²) in [6.45, 7) is 2.19. The Bertz CT molecular complexity index is 1860. The molecule has 5 heteroatoms. The number of aromatic nitrogens is 5. The fourth-order valence-corrected chi connectivity index (χ4v) is 9.73. The maximum absolute atomic E-state index is 5.34. The van der Waals surface area contributed by atoms with Crippen molar-refractivity contribution in [3.8, 4) is 11.4 Å². The van der Waals surface area contributed by atoms with E-state index < -0.39 is 0 Å². The van der Waals surface area contributed by atoms with E-state index in [9.17, 15) is 0 Å². The van der Waals surface area contributed by atoms with E-state index >= 15 is 0 Å². The Morgan fingerprint density at radius 2 is 1.56 bits per heavy atom. The first kappa shape index (κ1) is 18.5. The standard InChI is InChI=1S/C31H25N5/c1-15-6-7-22-21(10-15)23(28(34-22)30-13-17-11-16-12-18(14-30)31(16,17)30)29-35-26-19-4-2-8-32-24(19)25-20(27(26)36-29)5-3-9-33-25/h2-10,16-18,34H,11-14H2,1H3,(H,35,36). The van der Waals surface area contributed by atoms with Crippen molar-refractivity contribution in [1.82, 2.24) is 24.9 Å². The van der Waals surface area contributed by atoms with Crippen molar-refractivity contribution in [2.45, 2.75) is 38.0 Å². The second kappa shape index (κ2) is 5.64. The third-order valence-corrected chi connectivity index (χ3v) is 10.9. The molecular formula is C31H25N5. The van der Waals surface area contributed by atoms with E-state index in [0.29, 0.717) is 10.8 Å². The summed E-state index contributed by atoms with van der Waals surface area (Å²) in [7, 11) is 0. The smallest absolute Gasteiger partial charge is 0.141 e. The Morgan fingerprint density at radius 3 is 2.31 bits per heavy atom. The average molecular weight is 468 g/mol. The molecule has 4 aromatic heterocycles. The number of hydrogen-bond acceptors (Lipinski definition) is 3. The second-order valence-corrected chi connectivity index (χ2v) is 12.0. The fourth-order valence-electron chi connectivity index (χ4n) is 9.73. The van der Waals surface area contributed by atoms with Crippen LogP contribution in [0, 0.1) is 30.1 Å². The van der Waals surface area contributed by atoms with Gasteiger partial charge in [-0.15, -0.1) is 0 Å². The number of hydrogen-bond donors (Lipinski definition) is 2. The molecule has 36 heavy (non-hydrogen) atoms. The molecule has 4 saturated carbocycles. The Morgan fingerprint density at radius 1 is 0.806 bits per heavy atom. The molecule has 0 amide bonds. The monoisotopic (exact) mass is 467 g/mol. The summed E-state index contributed by atoms with van der Waals surface area (Å²) < 4.78 is 0. The van der Waals surface area contributed by atoms with Crippen LogP contribution in [-0.2, 0) is 5.41 Å². The summed E-state index contributed by atoms with van der Waals surface area (Å²) in [5, 5.41) is 3.43. The topological polar surface area (TPSA) is 70.2 Å².